The molecule has 1 aromatic carbocycles. The van der Waals surface area contributed by atoms with E-state index in [1.165, 1.54) is 11.1 Å². The lowest BCUT2D eigenvalue weighted by Gasteiger charge is -2.12. The van der Waals surface area contributed by atoms with Gasteiger partial charge in [-0.25, -0.2) is 0 Å². The third kappa shape index (κ3) is 2.76. The molecule has 0 saturated heterocycles. The fourth-order valence-corrected chi connectivity index (χ4v) is 2.35. The van der Waals surface area contributed by atoms with Crippen LogP contribution in [-0.2, 0) is 12.9 Å². The fourth-order valence-electron chi connectivity index (χ4n) is 2.22. The van der Waals surface area contributed by atoms with Crippen molar-refractivity contribution in [1.82, 2.24) is 9.78 Å². The van der Waals surface area contributed by atoms with Crippen LogP contribution < -0.4 is 4.74 Å². The van der Waals surface area contributed by atoms with Crippen LogP contribution in [0.2, 0.25) is 0 Å². The Morgan fingerprint density at radius 1 is 1.21 bits per heavy atom. The van der Waals surface area contributed by atoms with Crippen molar-refractivity contribution >= 4 is 11.6 Å². The van der Waals surface area contributed by atoms with Crippen molar-refractivity contribution in [2.75, 3.05) is 6.61 Å². The molecule has 2 rings (SSSR count). The van der Waals surface area contributed by atoms with Crippen molar-refractivity contribution in [3.8, 4) is 17.0 Å². The molecule has 1 heterocycles. The van der Waals surface area contributed by atoms with Crippen molar-refractivity contribution in [3.63, 3.8) is 0 Å². The van der Waals surface area contributed by atoms with Gasteiger partial charge in [-0.3, -0.25) is 4.68 Å². The minimum atomic E-state index is 0.433. The topological polar surface area (TPSA) is 27.1 Å². The number of hydrogen-bond donors (Lipinski definition) is 0. The van der Waals surface area contributed by atoms with Gasteiger partial charge >= 0.3 is 0 Å². The summed E-state index contributed by atoms with van der Waals surface area (Å²) in [6.45, 7) is 6.83. The average Bonchev–Trinajstić information content (AvgIpc) is 2.75. The zero-order chi connectivity index (χ0) is 14.0. The van der Waals surface area contributed by atoms with Crippen LogP contribution in [0.3, 0.4) is 0 Å². The van der Waals surface area contributed by atoms with Gasteiger partial charge in [0, 0.05) is 12.6 Å². The highest BCUT2D eigenvalue weighted by Gasteiger charge is 2.12. The molecule has 3 nitrogen and oxygen atoms in total. The number of rotatable bonds is 4. The first kappa shape index (κ1) is 13.9. The van der Waals surface area contributed by atoms with Crippen LogP contribution in [0.5, 0.6) is 5.75 Å². The average molecular weight is 279 g/mol. The van der Waals surface area contributed by atoms with Gasteiger partial charge in [-0.05, 0) is 50.1 Å². The van der Waals surface area contributed by atoms with E-state index >= 15 is 0 Å². The number of aromatic nitrogens is 2. The van der Waals surface area contributed by atoms with Gasteiger partial charge in [0.2, 0.25) is 0 Å². The highest BCUT2D eigenvalue weighted by Crippen LogP contribution is 2.30. The van der Waals surface area contributed by atoms with Gasteiger partial charge in [0.15, 0.2) is 0 Å². The summed E-state index contributed by atoms with van der Waals surface area (Å²) in [5, 5.41) is 4.39. The van der Waals surface area contributed by atoms with E-state index in [4.69, 9.17) is 16.3 Å². The minimum absolute atomic E-state index is 0.433. The van der Waals surface area contributed by atoms with Crippen molar-refractivity contribution in [3.05, 3.63) is 35.0 Å². The minimum Gasteiger partial charge on any atom is -0.494 e. The van der Waals surface area contributed by atoms with E-state index in [0.717, 1.165) is 22.7 Å². The second-order valence-corrected chi connectivity index (χ2v) is 4.91. The summed E-state index contributed by atoms with van der Waals surface area (Å²) < 4.78 is 7.50. The fraction of sp³-hybridized carbons (Fsp3) is 0.400. The third-order valence-electron chi connectivity index (χ3n) is 3.17. The first-order valence-corrected chi connectivity index (χ1v) is 6.93. The summed E-state index contributed by atoms with van der Waals surface area (Å²) in [7, 11) is 1.94. The lowest BCUT2D eigenvalue weighted by Crippen LogP contribution is -1.99. The number of benzene rings is 1. The molecule has 0 aliphatic rings. The largest absolute Gasteiger partial charge is 0.494 e. The molecular formula is C15H19ClN2O. The molecule has 0 atom stereocenters. The highest BCUT2D eigenvalue weighted by atomic mass is 35.5. The Morgan fingerprint density at radius 2 is 1.95 bits per heavy atom. The molecule has 0 aliphatic heterocycles. The van der Waals surface area contributed by atoms with Crippen LogP contribution in [-0.4, -0.2) is 16.4 Å². The Kier molecular flexibility index (Phi) is 4.15. The number of hydrogen-bond acceptors (Lipinski definition) is 2. The maximum atomic E-state index is 5.84. The molecule has 102 valence electrons. The normalized spacial score (nSPS) is 10.8. The molecule has 19 heavy (non-hydrogen) atoms. The Bertz CT molecular complexity index is 590. The van der Waals surface area contributed by atoms with E-state index in [2.05, 4.69) is 31.1 Å². The molecule has 0 saturated carbocycles. The predicted octanol–water partition coefficient (Wildman–Crippen LogP) is 3.84. The third-order valence-corrected chi connectivity index (χ3v) is 3.44. The van der Waals surface area contributed by atoms with Gasteiger partial charge in [-0.1, -0.05) is 0 Å². The van der Waals surface area contributed by atoms with Crippen LogP contribution >= 0.6 is 11.6 Å². The molecule has 2 aromatic rings. The quantitative estimate of drug-likeness (QED) is 0.795. The van der Waals surface area contributed by atoms with Crippen molar-refractivity contribution in [2.45, 2.75) is 26.7 Å². The summed E-state index contributed by atoms with van der Waals surface area (Å²) >= 11 is 5.84. The predicted molar refractivity (Wildman–Crippen MR) is 78.8 cm³/mol. The Balaban J connectivity index is 2.50. The molecule has 0 amide bonds. The van der Waals surface area contributed by atoms with Crippen LogP contribution in [0.1, 0.15) is 23.7 Å². The monoisotopic (exact) mass is 278 g/mol. The lowest BCUT2D eigenvalue weighted by atomic mass is 10.0. The van der Waals surface area contributed by atoms with Gasteiger partial charge in [0.05, 0.1) is 23.9 Å². The summed E-state index contributed by atoms with van der Waals surface area (Å²) in [4.78, 5) is 0. The molecule has 0 spiro atoms. The van der Waals surface area contributed by atoms with Gasteiger partial charge in [-0.2, -0.15) is 5.10 Å². The molecule has 4 heteroatoms. The summed E-state index contributed by atoms with van der Waals surface area (Å²) in [5.41, 5.74) is 5.46. The summed E-state index contributed by atoms with van der Waals surface area (Å²) in [5.74, 6) is 1.38. The van der Waals surface area contributed by atoms with Crippen molar-refractivity contribution in [1.29, 1.82) is 0 Å². The van der Waals surface area contributed by atoms with Crippen molar-refractivity contribution in [2.24, 2.45) is 7.05 Å². The number of alkyl halides is 1. The van der Waals surface area contributed by atoms with Crippen LogP contribution in [0.15, 0.2) is 18.2 Å². The molecule has 0 fully saturated rings. The van der Waals surface area contributed by atoms with E-state index in [0.29, 0.717) is 12.5 Å². The summed E-state index contributed by atoms with van der Waals surface area (Å²) in [6, 6.07) is 6.27. The Morgan fingerprint density at radius 3 is 2.53 bits per heavy atom. The molecular weight excluding hydrogens is 260 g/mol. The molecule has 0 N–H and O–H groups in total. The smallest absolute Gasteiger partial charge is 0.122 e. The summed E-state index contributed by atoms with van der Waals surface area (Å²) in [6.07, 6.45) is 0. The SMILES string of the molecule is CCOc1cc(C)c(-c2cc(CCl)nn2C)cc1C. The van der Waals surface area contributed by atoms with Crippen LogP contribution in [0.4, 0.5) is 0 Å². The zero-order valence-electron chi connectivity index (χ0n) is 11.8. The standard InChI is InChI=1S/C15H19ClN2O/c1-5-19-15-7-10(2)13(6-11(15)3)14-8-12(9-16)17-18(14)4/h6-8H,5,9H2,1-4H3. The van der Waals surface area contributed by atoms with Gasteiger partial charge in [0.1, 0.15) is 5.75 Å². The lowest BCUT2D eigenvalue weighted by molar-refractivity contribution is 0.337. The number of ether oxygens (including phenoxy) is 1. The van der Waals surface area contributed by atoms with E-state index in [-0.39, 0.29) is 0 Å². The first-order valence-electron chi connectivity index (χ1n) is 6.40. The van der Waals surface area contributed by atoms with Gasteiger partial charge < -0.3 is 4.74 Å². The first-order chi connectivity index (χ1) is 9.06. The molecule has 0 aliphatic carbocycles. The van der Waals surface area contributed by atoms with E-state index in [1.54, 1.807) is 0 Å². The van der Waals surface area contributed by atoms with Gasteiger partial charge in [0.25, 0.3) is 0 Å². The number of nitrogens with zero attached hydrogens (tertiary/aromatic N) is 2. The Labute approximate surface area is 119 Å². The molecule has 1 aromatic heterocycles. The van der Waals surface area contributed by atoms with E-state index in [9.17, 15) is 0 Å². The van der Waals surface area contributed by atoms with E-state index < -0.39 is 0 Å². The maximum absolute atomic E-state index is 5.84. The van der Waals surface area contributed by atoms with E-state index in [1.807, 2.05) is 24.7 Å². The van der Waals surface area contributed by atoms with Crippen molar-refractivity contribution < 1.29 is 4.74 Å². The number of aryl methyl sites for hydroxylation is 3. The molecule has 0 unspecified atom stereocenters. The van der Waals surface area contributed by atoms with Gasteiger partial charge in [-0.15, -0.1) is 11.6 Å². The maximum Gasteiger partial charge on any atom is 0.122 e. The second-order valence-electron chi connectivity index (χ2n) is 4.64. The second kappa shape index (κ2) is 5.66. The number of halogens is 1. The molecule has 0 radical (unpaired) electrons. The highest BCUT2D eigenvalue weighted by molar-refractivity contribution is 6.16. The van der Waals surface area contributed by atoms with Crippen LogP contribution in [0.25, 0.3) is 11.3 Å². The molecule has 0 bridgehead atoms. The Hall–Kier alpha value is -1.48. The zero-order valence-corrected chi connectivity index (χ0v) is 12.6. The van der Waals surface area contributed by atoms with Crippen LogP contribution in [0, 0.1) is 13.8 Å².